The number of carbonyl (C=O) groups is 1. The monoisotopic (exact) mass is 408 g/mol. The fourth-order valence-corrected chi connectivity index (χ4v) is 3.09. The molecular weight excluding hydrogens is 392 g/mol. The average molecular weight is 409 g/mol. The summed E-state index contributed by atoms with van der Waals surface area (Å²) in [4.78, 5) is 17.2. The maximum atomic E-state index is 12.7. The minimum atomic E-state index is -0.312. The molecule has 1 N–H and O–H groups in total. The van der Waals surface area contributed by atoms with Gasteiger partial charge in [0, 0.05) is 17.3 Å². The van der Waals surface area contributed by atoms with E-state index < -0.39 is 0 Å². The number of carbonyl (C=O) groups excluding carboxylic acids is 1. The van der Waals surface area contributed by atoms with Crippen LogP contribution in [0.15, 0.2) is 65.1 Å². The van der Waals surface area contributed by atoms with Gasteiger partial charge in [-0.15, -0.1) is 0 Å². The lowest BCUT2D eigenvalue weighted by Gasteiger charge is -2.10. The second-order valence-corrected chi connectivity index (χ2v) is 6.64. The van der Waals surface area contributed by atoms with Crippen LogP contribution in [0.4, 0.5) is 5.69 Å². The third-order valence-corrected chi connectivity index (χ3v) is 4.69. The van der Waals surface area contributed by atoms with Crippen molar-refractivity contribution in [1.29, 1.82) is 0 Å². The Labute approximate surface area is 172 Å². The van der Waals surface area contributed by atoms with Gasteiger partial charge in [0.05, 0.1) is 24.8 Å². The number of benzene rings is 3. The second kappa shape index (κ2) is 7.85. The van der Waals surface area contributed by atoms with Gasteiger partial charge < -0.3 is 19.2 Å². The Bertz CT molecular complexity index is 1150. The normalized spacial score (nSPS) is 10.7. The molecule has 0 radical (unpaired) electrons. The zero-order valence-corrected chi connectivity index (χ0v) is 16.5. The van der Waals surface area contributed by atoms with Gasteiger partial charge in [-0.25, -0.2) is 4.98 Å². The number of methoxy groups -OCH3 is 2. The van der Waals surface area contributed by atoms with E-state index in [1.165, 1.54) is 14.2 Å². The molecule has 1 amide bonds. The summed E-state index contributed by atoms with van der Waals surface area (Å²) in [6, 6.07) is 17.5. The standard InChI is InChI=1S/C22H17ClN2O4/c1-27-15-9-13(10-16(12-15)28-2)21(26)24-14-7-8-18(23)17(11-14)22-25-19-5-3-4-6-20(19)29-22/h3-12H,1-2H3,(H,24,26). The van der Waals surface area contributed by atoms with Crippen molar-refractivity contribution in [3.8, 4) is 23.0 Å². The topological polar surface area (TPSA) is 73.6 Å². The van der Waals surface area contributed by atoms with E-state index in [0.29, 0.717) is 44.8 Å². The van der Waals surface area contributed by atoms with Crippen molar-refractivity contribution in [3.05, 3.63) is 71.2 Å². The van der Waals surface area contributed by atoms with Gasteiger partial charge in [0.25, 0.3) is 5.91 Å². The lowest BCUT2D eigenvalue weighted by atomic mass is 10.1. The summed E-state index contributed by atoms with van der Waals surface area (Å²) in [5, 5.41) is 3.32. The van der Waals surface area contributed by atoms with Crippen LogP contribution >= 0.6 is 11.6 Å². The predicted molar refractivity (Wildman–Crippen MR) is 112 cm³/mol. The lowest BCUT2D eigenvalue weighted by molar-refractivity contribution is 0.102. The molecule has 6 nitrogen and oxygen atoms in total. The van der Waals surface area contributed by atoms with Crippen LogP contribution in [-0.2, 0) is 0 Å². The largest absolute Gasteiger partial charge is 0.497 e. The second-order valence-electron chi connectivity index (χ2n) is 6.24. The smallest absolute Gasteiger partial charge is 0.255 e. The summed E-state index contributed by atoms with van der Waals surface area (Å²) in [6.45, 7) is 0. The van der Waals surface area contributed by atoms with Crippen LogP contribution in [0.3, 0.4) is 0 Å². The molecule has 0 aliphatic heterocycles. The third-order valence-electron chi connectivity index (χ3n) is 4.36. The molecule has 0 bridgehead atoms. The molecule has 146 valence electrons. The summed E-state index contributed by atoms with van der Waals surface area (Å²) in [5.41, 5.74) is 2.94. The molecule has 0 unspecified atom stereocenters. The highest BCUT2D eigenvalue weighted by atomic mass is 35.5. The number of fused-ring (bicyclic) bond motifs is 1. The zero-order valence-electron chi connectivity index (χ0n) is 15.7. The number of aromatic nitrogens is 1. The highest BCUT2D eigenvalue weighted by Gasteiger charge is 2.15. The SMILES string of the molecule is COc1cc(OC)cc(C(=O)Nc2ccc(Cl)c(-c3nc4ccccc4o3)c2)c1. The van der Waals surface area contributed by atoms with Crippen molar-refractivity contribution in [1.82, 2.24) is 4.98 Å². The number of anilines is 1. The summed E-state index contributed by atoms with van der Waals surface area (Å²) in [7, 11) is 3.06. The van der Waals surface area contributed by atoms with E-state index in [-0.39, 0.29) is 5.91 Å². The van der Waals surface area contributed by atoms with Crippen molar-refractivity contribution < 1.29 is 18.7 Å². The number of nitrogens with one attached hydrogen (secondary N) is 1. The van der Waals surface area contributed by atoms with E-state index >= 15 is 0 Å². The Kier molecular flexibility index (Phi) is 5.10. The molecule has 0 aliphatic carbocycles. The van der Waals surface area contributed by atoms with Gasteiger partial charge in [0.15, 0.2) is 5.58 Å². The molecule has 1 heterocycles. The Morgan fingerprint density at radius 3 is 2.41 bits per heavy atom. The molecular formula is C22H17ClN2O4. The first-order valence-electron chi connectivity index (χ1n) is 8.77. The Balaban J connectivity index is 1.65. The Morgan fingerprint density at radius 2 is 1.72 bits per heavy atom. The number of nitrogens with zero attached hydrogens (tertiary/aromatic N) is 1. The number of halogens is 1. The number of hydrogen-bond donors (Lipinski definition) is 1. The number of amides is 1. The van der Waals surface area contributed by atoms with Crippen molar-refractivity contribution in [3.63, 3.8) is 0 Å². The molecule has 0 saturated heterocycles. The Hall–Kier alpha value is -3.51. The van der Waals surface area contributed by atoms with Crippen LogP contribution in [-0.4, -0.2) is 25.1 Å². The van der Waals surface area contributed by atoms with Crippen molar-refractivity contribution in [2.24, 2.45) is 0 Å². The molecule has 0 spiro atoms. The summed E-state index contributed by atoms with van der Waals surface area (Å²) < 4.78 is 16.2. The minimum absolute atomic E-state index is 0.312. The van der Waals surface area contributed by atoms with Gasteiger partial charge in [-0.1, -0.05) is 23.7 Å². The highest BCUT2D eigenvalue weighted by molar-refractivity contribution is 6.33. The maximum absolute atomic E-state index is 12.7. The lowest BCUT2D eigenvalue weighted by Crippen LogP contribution is -2.12. The maximum Gasteiger partial charge on any atom is 0.255 e. The fraction of sp³-hybridized carbons (Fsp3) is 0.0909. The van der Waals surface area contributed by atoms with Gasteiger partial charge >= 0.3 is 0 Å². The molecule has 29 heavy (non-hydrogen) atoms. The molecule has 0 fully saturated rings. The molecule has 0 saturated carbocycles. The number of para-hydroxylation sites is 2. The van der Waals surface area contributed by atoms with E-state index in [1.807, 2.05) is 24.3 Å². The van der Waals surface area contributed by atoms with Crippen LogP contribution in [0.2, 0.25) is 5.02 Å². The van der Waals surface area contributed by atoms with Crippen LogP contribution in [0.1, 0.15) is 10.4 Å². The summed E-state index contributed by atoms with van der Waals surface area (Å²) >= 11 is 6.35. The van der Waals surface area contributed by atoms with Gasteiger partial charge in [-0.3, -0.25) is 4.79 Å². The fourth-order valence-electron chi connectivity index (χ4n) is 2.90. The van der Waals surface area contributed by atoms with Gasteiger partial charge in [-0.05, 0) is 42.5 Å². The zero-order chi connectivity index (χ0) is 20.4. The summed E-state index contributed by atoms with van der Waals surface area (Å²) in [6.07, 6.45) is 0. The molecule has 4 rings (SSSR count). The Morgan fingerprint density at radius 1 is 1.00 bits per heavy atom. The first kappa shape index (κ1) is 18.8. The van der Waals surface area contributed by atoms with Gasteiger partial charge in [-0.2, -0.15) is 0 Å². The number of oxazole rings is 1. The first-order valence-corrected chi connectivity index (χ1v) is 9.15. The van der Waals surface area contributed by atoms with E-state index in [1.54, 1.807) is 36.4 Å². The van der Waals surface area contributed by atoms with E-state index in [9.17, 15) is 4.79 Å². The van der Waals surface area contributed by atoms with Crippen molar-refractivity contribution in [2.75, 3.05) is 19.5 Å². The molecule has 0 aliphatic rings. The number of rotatable bonds is 5. The number of ether oxygens (including phenoxy) is 2. The summed E-state index contributed by atoms with van der Waals surface area (Å²) in [5.74, 6) is 1.12. The first-order chi connectivity index (χ1) is 14.1. The van der Waals surface area contributed by atoms with E-state index in [0.717, 1.165) is 5.52 Å². The molecule has 4 aromatic rings. The van der Waals surface area contributed by atoms with Crippen LogP contribution in [0.5, 0.6) is 11.5 Å². The van der Waals surface area contributed by atoms with E-state index in [4.69, 9.17) is 25.5 Å². The molecule has 7 heteroatoms. The predicted octanol–water partition coefficient (Wildman–Crippen LogP) is 5.42. The third kappa shape index (κ3) is 3.88. The van der Waals surface area contributed by atoms with Gasteiger partial charge in [0.2, 0.25) is 5.89 Å². The quantitative estimate of drug-likeness (QED) is 0.477. The molecule has 1 aromatic heterocycles. The highest BCUT2D eigenvalue weighted by Crippen LogP contribution is 2.32. The molecule has 3 aromatic carbocycles. The van der Waals surface area contributed by atoms with E-state index in [2.05, 4.69) is 10.3 Å². The van der Waals surface area contributed by atoms with Crippen molar-refractivity contribution >= 4 is 34.3 Å². The van der Waals surface area contributed by atoms with Crippen LogP contribution in [0, 0.1) is 0 Å². The number of hydrogen-bond acceptors (Lipinski definition) is 5. The van der Waals surface area contributed by atoms with Crippen molar-refractivity contribution in [2.45, 2.75) is 0 Å². The van der Waals surface area contributed by atoms with Crippen LogP contribution < -0.4 is 14.8 Å². The average Bonchev–Trinajstić information content (AvgIpc) is 3.18. The molecule has 0 atom stereocenters. The minimum Gasteiger partial charge on any atom is -0.497 e. The van der Waals surface area contributed by atoms with Crippen LogP contribution in [0.25, 0.3) is 22.6 Å². The van der Waals surface area contributed by atoms with Gasteiger partial charge in [0.1, 0.15) is 17.0 Å².